The molecule has 0 fully saturated rings. The van der Waals surface area contributed by atoms with E-state index in [4.69, 9.17) is 5.73 Å². The summed E-state index contributed by atoms with van der Waals surface area (Å²) in [4.78, 5) is 17.0. The van der Waals surface area contributed by atoms with Crippen LogP contribution >= 0.6 is 0 Å². The maximum absolute atomic E-state index is 10.1. The van der Waals surface area contributed by atoms with Crippen molar-refractivity contribution in [2.45, 2.75) is 0 Å². The van der Waals surface area contributed by atoms with Crippen molar-refractivity contribution in [3.8, 4) is 0 Å². The molecule has 0 bridgehead atoms. The molecule has 0 aliphatic heterocycles. The predicted octanol–water partition coefficient (Wildman–Crippen LogP) is -4.57. The fourth-order valence-corrected chi connectivity index (χ4v) is 0.511. The topological polar surface area (TPSA) is 91.9 Å². The Balaban J connectivity index is 0.000001000. The Morgan fingerprint density at radius 2 is 2.27 bits per heavy atom. The molecule has 6 heteroatoms. The Morgan fingerprint density at radius 3 is 2.64 bits per heavy atom. The number of carbonyl (C=O) groups excluding carboxylic acids is 1. The molecule has 1 aromatic heterocycles. The van der Waals surface area contributed by atoms with Gasteiger partial charge in [0.1, 0.15) is 12.0 Å². The van der Waals surface area contributed by atoms with E-state index in [2.05, 4.69) is 9.97 Å². The van der Waals surface area contributed by atoms with E-state index in [1.807, 2.05) is 0 Å². The maximum Gasteiger partial charge on any atom is 1.00 e. The molecule has 0 amide bonds. The van der Waals surface area contributed by atoms with Crippen LogP contribution in [0.25, 0.3) is 0 Å². The van der Waals surface area contributed by atoms with Crippen LogP contribution in [-0.4, -0.2) is 15.9 Å². The summed E-state index contributed by atoms with van der Waals surface area (Å²) >= 11 is 0. The number of carboxylic acid groups (broad SMARTS) is 1. The van der Waals surface area contributed by atoms with Gasteiger partial charge >= 0.3 is 51.4 Å². The molecule has 5 nitrogen and oxygen atoms in total. The molecular formula is C5H4KN3O2. The van der Waals surface area contributed by atoms with E-state index in [-0.39, 0.29) is 62.8 Å². The first kappa shape index (κ1) is 11.0. The quantitative estimate of drug-likeness (QED) is 0.436. The molecule has 0 atom stereocenters. The van der Waals surface area contributed by atoms with Gasteiger partial charge in [0.15, 0.2) is 0 Å². The van der Waals surface area contributed by atoms with Gasteiger partial charge in [-0.15, -0.1) is 0 Å². The number of nitrogen functional groups attached to an aromatic ring is 1. The van der Waals surface area contributed by atoms with Crippen molar-refractivity contribution in [2.75, 3.05) is 5.73 Å². The van der Waals surface area contributed by atoms with E-state index in [0.29, 0.717) is 0 Å². The van der Waals surface area contributed by atoms with Crippen LogP contribution in [0.3, 0.4) is 0 Å². The third-order valence-corrected chi connectivity index (χ3v) is 0.934. The van der Waals surface area contributed by atoms with E-state index in [1.165, 1.54) is 6.20 Å². The molecule has 1 rings (SSSR count). The van der Waals surface area contributed by atoms with E-state index in [0.717, 1.165) is 6.33 Å². The summed E-state index contributed by atoms with van der Waals surface area (Å²) in [7, 11) is 0. The Hall–Kier alpha value is -0.0136. The zero-order valence-corrected chi connectivity index (χ0v) is 9.07. The van der Waals surface area contributed by atoms with Crippen LogP contribution in [0.15, 0.2) is 12.5 Å². The number of hydrogen-bond acceptors (Lipinski definition) is 5. The van der Waals surface area contributed by atoms with Crippen molar-refractivity contribution in [1.29, 1.82) is 0 Å². The number of nitrogens with zero attached hydrogens (tertiary/aromatic N) is 2. The zero-order valence-electron chi connectivity index (χ0n) is 5.94. The molecule has 1 heterocycles. The summed E-state index contributed by atoms with van der Waals surface area (Å²) < 4.78 is 0. The van der Waals surface area contributed by atoms with Gasteiger partial charge < -0.3 is 15.6 Å². The first-order valence-corrected chi connectivity index (χ1v) is 2.48. The molecule has 11 heavy (non-hydrogen) atoms. The number of hydrogen-bond donors (Lipinski definition) is 1. The van der Waals surface area contributed by atoms with Crippen molar-refractivity contribution in [2.24, 2.45) is 0 Å². The second-order valence-electron chi connectivity index (χ2n) is 1.61. The van der Waals surface area contributed by atoms with Gasteiger partial charge in [-0.05, 0) is 0 Å². The average molecular weight is 177 g/mol. The molecule has 0 unspecified atom stereocenters. The van der Waals surface area contributed by atoms with Gasteiger partial charge in [0.2, 0.25) is 0 Å². The number of nitrogens with two attached hydrogens (primary N) is 1. The monoisotopic (exact) mass is 177 g/mol. The third-order valence-electron chi connectivity index (χ3n) is 0.934. The average Bonchev–Trinajstić information content (AvgIpc) is 1.88. The summed E-state index contributed by atoms with van der Waals surface area (Å²) in [5, 5.41) is 10.1. The summed E-state index contributed by atoms with van der Waals surface area (Å²) in [6.07, 6.45) is 2.31. The molecule has 52 valence electrons. The van der Waals surface area contributed by atoms with Crippen LogP contribution in [0, 0.1) is 0 Å². The van der Waals surface area contributed by atoms with Crippen LogP contribution in [0.1, 0.15) is 10.5 Å². The molecule has 0 spiro atoms. The standard InChI is InChI=1S/C5H5N3O2.K/c6-3-1-7-2-8-4(3)5(9)10;/h1-2H,6H2,(H,9,10);/q;+1/p-1. The number of aromatic nitrogens is 2. The molecule has 0 saturated heterocycles. The number of rotatable bonds is 1. The molecule has 0 aliphatic carbocycles. The molecule has 0 radical (unpaired) electrons. The molecule has 2 N–H and O–H groups in total. The van der Waals surface area contributed by atoms with Crippen LogP contribution in [0.5, 0.6) is 0 Å². The first-order valence-electron chi connectivity index (χ1n) is 2.48. The molecule has 1 aromatic rings. The molecular weight excluding hydrogens is 173 g/mol. The summed E-state index contributed by atoms with van der Waals surface area (Å²) in [5.74, 6) is -1.39. The predicted molar refractivity (Wildman–Crippen MR) is 30.8 cm³/mol. The van der Waals surface area contributed by atoms with E-state index in [9.17, 15) is 9.90 Å². The summed E-state index contributed by atoms with van der Waals surface area (Å²) in [6, 6.07) is 0. The van der Waals surface area contributed by atoms with Crippen molar-refractivity contribution in [3.63, 3.8) is 0 Å². The Morgan fingerprint density at radius 1 is 1.64 bits per heavy atom. The van der Waals surface area contributed by atoms with Crippen molar-refractivity contribution in [1.82, 2.24) is 9.97 Å². The van der Waals surface area contributed by atoms with Crippen LogP contribution in [-0.2, 0) is 0 Å². The first-order chi connectivity index (χ1) is 4.72. The second-order valence-corrected chi connectivity index (χ2v) is 1.61. The largest absolute Gasteiger partial charge is 1.00 e. The molecule has 0 aliphatic rings. The number of carbonyl (C=O) groups is 1. The van der Waals surface area contributed by atoms with Gasteiger partial charge in [0.25, 0.3) is 0 Å². The maximum atomic E-state index is 10.1. The van der Waals surface area contributed by atoms with Crippen LogP contribution in [0.4, 0.5) is 5.69 Å². The summed E-state index contributed by atoms with van der Waals surface area (Å²) in [6.45, 7) is 0. The van der Waals surface area contributed by atoms with E-state index in [1.54, 1.807) is 0 Å². The van der Waals surface area contributed by atoms with Crippen LogP contribution < -0.4 is 62.2 Å². The minimum Gasteiger partial charge on any atom is -0.543 e. The van der Waals surface area contributed by atoms with Gasteiger partial charge in [0.05, 0.1) is 17.9 Å². The zero-order chi connectivity index (χ0) is 7.56. The Kier molecular flexibility index (Phi) is 4.78. The Labute approximate surface area is 105 Å². The molecule has 0 saturated carbocycles. The van der Waals surface area contributed by atoms with Crippen molar-refractivity contribution < 1.29 is 61.3 Å². The van der Waals surface area contributed by atoms with Crippen molar-refractivity contribution >= 4 is 11.7 Å². The molecule has 0 aromatic carbocycles. The summed E-state index contributed by atoms with van der Waals surface area (Å²) in [5.41, 5.74) is 4.92. The Bertz CT molecular complexity index is 266. The van der Waals surface area contributed by atoms with Gasteiger partial charge in [0, 0.05) is 0 Å². The van der Waals surface area contributed by atoms with E-state index >= 15 is 0 Å². The van der Waals surface area contributed by atoms with Gasteiger partial charge in [-0.25, -0.2) is 9.97 Å². The van der Waals surface area contributed by atoms with Gasteiger partial charge in [-0.2, -0.15) is 0 Å². The van der Waals surface area contributed by atoms with Crippen molar-refractivity contribution in [3.05, 3.63) is 18.2 Å². The fraction of sp³-hybridized carbons (Fsp3) is 0. The minimum absolute atomic E-state index is 0. The SMILES string of the molecule is Nc1cncnc1C(=O)[O-].[K+]. The number of aromatic carboxylic acids is 1. The van der Waals surface area contributed by atoms with E-state index < -0.39 is 5.97 Å². The minimum atomic E-state index is -1.39. The van der Waals surface area contributed by atoms with Gasteiger partial charge in [-0.3, -0.25) is 0 Å². The third kappa shape index (κ3) is 2.84. The van der Waals surface area contributed by atoms with Gasteiger partial charge in [-0.1, -0.05) is 0 Å². The van der Waals surface area contributed by atoms with Crippen LogP contribution in [0.2, 0.25) is 0 Å². The second kappa shape index (κ2) is 4.78. The normalized spacial score (nSPS) is 8.36. The fourth-order valence-electron chi connectivity index (χ4n) is 0.511. The smallest absolute Gasteiger partial charge is 0.543 e. The number of carboxylic acids is 1. The number of anilines is 1.